The molecule has 0 spiro atoms. The molecular formula is C13H12N2O2. The predicted molar refractivity (Wildman–Crippen MR) is 64.2 cm³/mol. The van der Waals surface area contributed by atoms with E-state index in [0.29, 0.717) is 17.5 Å². The normalized spacial score (nSPS) is 10.2. The van der Waals surface area contributed by atoms with Crippen LogP contribution in [0, 0.1) is 6.92 Å². The first-order valence-electron chi connectivity index (χ1n) is 5.24. The third-order valence-electron chi connectivity index (χ3n) is 2.72. The van der Waals surface area contributed by atoms with Gasteiger partial charge in [0, 0.05) is 29.2 Å². The quantitative estimate of drug-likeness (QED) is 0.648. The molecule has 0 aliphatic rings. The number of pyridine rings is 1. The summed E-state index contributed by atoms with van der Waals surface area (Å²) in [5.41, 5.74) is 3.30. The SMILES string of the molecule is CC(=O)c1c(C=O)[nH]c(-c2ccncc2)c1C. The highest BCUT2D eigenvalue weighted by Crippen LogP contribution is 2.26. The molecule has 0 aliphatic heterocycles. The van der Waals surface area contributed by atoms with Crippen molar-refractivity contribution in [3.8, 4) is 11.3 Å². The molecule has 0 atom stereocenters. The lowest BCUT2D eigenvalue weighted by atomic mass is 10.0. The van der Waals surface area contributed by atoms with Crippen LogP contribution in [0.3, 0.4) is 0 Å². The minimum atomic E-state index is -0.110. The van der Waals surface area contributed by atoms with Gasteiger partial charge in [0.25, 0.3) is 0 Å². The molecule has 1 N–H and O–H groups in total. The molecule has 0 unspecified atom stereocenters. The highest BCUT2D eigenvalue weighted by atomic mass is 16.1. The smallest absolute Gasteiger partial charge is 0.167 e. The van der Waals surface area contributed by atoms with Gasteiger partial charge in [-0.3, -0.25) is 14.6 Å². The van der Waals surface area contributed by atoms with Gasteiger partial charge in [-0.2, -0.15) is 0 Å². The van der Waals surface area contributed by atoms with Crippen LogP contribution in [0.5, 0.6) is 0 Å². The molecule has 2 aromatic heterocycles. The Labute approximate surface area is 98.7 Å². The number of hydrogen-bond acceptors (Lipinski definition) is 3. The van der Waals surface area contributed by atoms with Crippen molar-refractivity contribution in [2.45, 2.75) is 13.8 Å². The van der Waals surface area contributed by atoms with Gasteiger partial charge in [0.2, 0.25) is 0 Å². The second-order valence-corrected chi connectivity index (χ2v) is 3.82. The molecule has 0 aromatic carbocycles. The standard InChI is InChI=1S/C13H12N2O2/c1-8-12(9(2)17)11(7-16)15-13(8)10-3-5-14-6-4-10/h3-7,15H,1-2H3. The number of hydrogen-bond donors (Lipinski definition) is 1. The summed E-state index contributed by atoms with van der Waals surface area (Å²) >= 11 is 0. The monoisotopic (exact) mass is 228 g/mol. The maximum atomic E-state index is 11.5. The first kappa shape index (κ1) is 11.3. The zero-order chi connectivity index (χ0) is 12.4. The largest absolute Gasteiger partial charge is 0.352 e. The number of aromatic amines is 1. The summed E-state index contributed by atoms with van der Waals surface area (Å²) in [6.07, 6.45) is 4.02. The van der Waals surface area contributed by atoms with Gasteiger partial charge in [-0.05, 0) is 31.5 Å². The average Bonchev–Trinajstić information content (AvgIpc) is 2.67. The Morgan fingerprint density at radius 2 is 2.00 bits per heavy atom. The maximum Gasteiger partial charge on any atom is 0.167 e. The molecule has 17 heavy (non-hydrogen) atoms. The summed E-state index contributed by atoms with van der Waals surface area (Å²) in [5.74, 6) is -0.110. The fourth-order valence-corrected chi connectivity index (χ4v) is 1.97. The summed E-state index contributed by atoms with van der Waals surface area (Å²) in [5, 5.41) is 0. The average molecular weight is 228 g/mol. The number of ketones is 1. The van der Waals surface area contributed by atoms with E-state index >= 15 is 0 Å². The number of carbonyl (C=O) groups excluding carboxylic acids is 2. The number of aromatic nitrogens is 2. The van der Waals surface area contributed by atoms with Gasteiger partial charge >= 0.3 is 0 Å². The van der Waals surface area contributed by atoms with Crippen LogP contribution >= 0.6 is 0 Å². The second kappa shape index (κ2) is 4.33. The van der Waals surface area contributed by atoms with Crippen LogP contribution in [0.25, 0.3) is 11.3 Å². The Kier molecular flexibility index (Phi) is 2.87. The van der Waals surface area contributed by atoms with Crippen molar-refractivity contribution >= 4 is 12.1 Å². The zero-order valence-electron chi connectivity index (χ0n) is 9.65. The molecule has 0 bridgehead atoms. The first-order chi connectivity index (χ1) is 8.15. The molecule has 0 saturated carbocycles. The van der Waals surface area contributed by atoms with Crippen LogP contribution in [-0.2, 0) is 0 Å². The highest BCUT2D eigenvalue weighted by molar-refractivity contribution is 6.03. The van der Waals surface area contributed by atoms with E-state index in [0.717, 1.165) is 16.8 Å². The summed E-state index contributed by atoms with van der Waals surface area (Å²) in [7, 11) is 0. The van der Waals surface area contributed by atoms with Crippen molar-refractivity contribution in [2.24, 2.45) is 0 Å². The van der Waals surface area contributed by atoms with E-state index in [1.165, 1.54) is 6.92 Å². The molecule has 2 heterocycles. The molecule has 4 heteroatoms. The molecule has 0 amide bonds. The fraction of sp³-hybridized carbons (Fsp3) is 0.154. The molecule has 2 rings (SSSR count). The van der Waals surface area contributed by atoms with E-state index in [-0.39, 0.29) is 5.78 Å². The molecule has 0 saturated heterocycles. The first-order valence-corrected chi connectivity index (χ1v) is 5.24. The molecule has 4 nitrogen and oxygen atoms in total. The van der Waals surface area contributed by atoms with Crippen LogP contribution < -0.4 is 0 Å². The van der Waals surface area contributed by atoms with Gasteiger partial charge in [0.1, 0.15) is 0 Å². The van der Waals surface area contributed by atoms with Crippen LogP contribution in [0.15, 0.2) is 24.5 Å². The number of nitrogens with one attached hydrogen (secondary N) is 1. The van der Waals surface area contributed by atoms with Crippen molar-refractivity contribution in [3.05, 3.63) is 41.3 Å². The summed E-state index contributed by atoms with van der Waals surface area (Å²) in [6, 6.07) is 3.66. The molecule has 0 radical (unpaired) electrons. The lowest BCUT2D eigenvalue weighted by Gasteiger charge is -1.99. The lowest BCUT2D eigenvalue weighted by molar-refractivity contribution is 0.100. The molecule has 0 fully saturated rings. The third kappa shape index (κ3) is 1.89. The Balaban J connectivity index is 2.65. The van der Waals surface area contributed by atoms with Crippen molar-refractivity contribution in [2.75, 3.05) is 0 Å². The lowest BCUT2D eigenvalue weighted by Crippen LogP contribution is -1.97. The summed E-state index contributed by atoms with van der Waals surface area (Å²) < 4.78 is 0. The molecule has 2 aromatic rings. The van der Waals surface area contributed by atoms with Gasteiger partial charge in [-0.15, -0.1) is 0 Å². The number of carbonyl (C=O) groups is 2. The van der Waals surface area contributed by atoms with E-state index in [2.05, 4.69) is 9.97 Å². The van der Waals surface area contributed by atoms with Gasteiger partial charge in [-0.1, -0.05) is 0 Å². The van der Waals surface area contributed by atoms with E-state index in [4.69, 9.17) is 0 Å². The third-order valence-corrected chi connectivity index (χ3v) is 2.72. The van der Waals surface area contributed by atoms with Gasteiger partial charge in [0.05, 0.1) is 5.69 Å². The Morgan fingerprint density at radius 3 is 2.47 bits per heavy atom. The second-order valence-electron chi connectivity index (χ2n) is 3.82. The fourth-order valence-electron chi connectivity index (χ4n) is 1.97. The number of H-pyrrole nitrogens is 1. The maximum absolute atomic E-state index is 11.5. The van der Waals surface area contributed by atoms with E-state index in [1.807, 2.05) is 19.1 Å². The molecule has 86 valence electrons. The van der Waals surface area contributed by atoms with Crippen molar-refractivity contribution < 1.29 is 9.59 Å². The minimum absolute atomic E-state index is 0.110. The number of nitrogens with zero attached hydrogens (tertiary/aromatic N) is 1. The summed E-state index contributed by atoms with van der Waals surface area (Å²) in [6.45, 7) is 3.29. The van der Waals surface area contributed by atoms with Crippen molar-refractivity contribution in [3.63, 3.8) is 0 Å². The molecular weight excluding hydrogens is 216 g/mol. The van der Waals surface area contributed by atoms with Gasteiger partial charge in [-0.25, -0.2) is 0 Å². The van der Waals surface area contributed by atoms with Crippen LogP contribution in [0.4, 0.5) is 0 Å². The Hall–Kier alpha value is -2.23. The zero-order valence-corrected chi connectivity index (χ0v) is 9.65. The summed E-state index contributed by atoms with van der Waals surface area (Å²) in [4.78, 5) is 29.3. The topological polar surface area (TPSA) is 62.8 Å². The number of Topliss-reactive ketones (excluding diaryl/α,β-unsaturated/α-hetero) is 1. The van der Waals surface area contributed by atoms with Crippen LogP contribution in [0.2, 0.25) is 0 Å². The number of rotatable bonds is 3. The van der Waals surface area contributed by atoms with E-state index in [9.17, 15) is 9.59 Å². The van der Waals surface area contributed by atoms with Crippen molar-refractivity contribution in [1.29, 1.82) is 0 Å². The highest BCUT2D eigenvalue weighted by Gasteiger charge is 2.17. The minimum Gasteiger partial charge on any atom is -0.352 e. The number of aldehydes is 1. The Bertz CT molecular complexity index is 571. The van der Waals surface area contributed by atoms with Crippen LogP contribution in [-0.4, -0.2) is 22.0 Å². The van der Waals surface area contributed by atoms with Crippen molar-refractivity contribution in [1.82, 2.24) is 9.97 Å². The Morgan fingerprint density at radius 1 is 1.35 bits per heavy atom. The van der Waals surface area contributed by atoms with E-state index in [1.54, 1.807) is 12.4 Å². The van der Waals surface area contributed by atoms with Gasteiger partial charge < -0.3 is 4.98 Å². The van der Waals surface area contributed by atoms with Crippen LogP contribution in [0.1, 0.15) is 33.3 Å². The predicted octanol–water partition coefficient (Wildman–Crippen LogP) is 2.40. The molecule has 0 aliphatic carbocycles. The van der Waals surface area contributed by atoms with E-state index < -0.39 is 0 Å². The van der Waals surface area contributed by atoms with Gasteiger partial charge in [0.15, 0.2) is 12.1 Å².